The Labute approximate surface area is 147 Å². The van der Waals surface area contributed by atoms with Gasteiger partial charge in [0, 0.05) is 5.56 Å². The van der Waals surface area contributed by atoms with Gasteiger partial charge in [-0.2, -0.15) is 0 Å². The molecule has 0 aliphatic heterocycles. The van der Waals surface area contributed by atoms with Crippen LogP contribution in [0.4, 0.5) is 0 Å². The molecule has 4 aromatic rings. The van der Waals surface area contributed by atoms with Gasteiger partial charge in [-0.1, -0.05) is 72.8 Å². The van der Waals surface area contributed by atoms with Crippen molar-refractivity contribution >= 4 is 23.2 Å². The fourth-order valence-corrected chi connectivity index (χ4v) is 3.21. The maximum atomic E-state index is 4.85. The molecule has 1 heterocycles. The van der Waals surface area contributed by atoms with Crippen molar-refractivity contribution < 1.29 is 0 Å². The summed E-state index contributed by atoms with van der Waals surface area (Å²) in [5.74, 6) is 0.914. The number of aromatic amines is 1. The van der Waals surface area contributed by atoms with Crippen molar-refractivity contribution in [1.82, 2.24) is 9.97 Å². The van der Waals surface area contributed by atoms with E-state index in [1.54, 1.807) is 0 Å². The van der Waals surface area contributed by atoms with E-state index in [9.17, 15) is 0 Å². The van der Waals surface area contributed by atoms with Crippen LogP contribution in [-0.4, -0.2) is 9.97 Å². The van der Waals surface area contributed by atoms with E-state index in [-0.39, 0.29) is 0 Å². The summed E-state index contributed by atoms with van der Waals surface area (Å²) in [7, 11) is 0. The average molecular weight is 324 g/mol. The first-order chi connectivity index (χ1) is 12.2. The van der Waals surface area contributed by atoms with Crippen LogP contribution in [0.25, 0.3) is 34.6 Å². The molecule has 0 saturated heterocycles. The number of nitrogens with one attached hydrogen (secondary N) is 1. The Bertz CT molecular complexity index is 1060. The Morgan fingerprint density at radius 1 is 0.840 bits per heavy atom. The number of aryl methyl sites for hydroxylation is 2. The molecule has 4 rings (SSSR count). The lowest BCUT2D eigenvalue weighted by Crippen LogP contribution is -1.85. The predicted molar refractivity (Wildman–Crippen MR) is 106 cm³/mol. The van der Waals surface area contributed by atoms with Crippen LogP contribution in [-0.2, 0) is 0 Å². The molecule has 0 saturated carbocycles. The number of aromatic nitrogens is 2. The largest absolute Gasteiger partial charge is 0.338 e. The van der Waals surface area contributed by atoms with Crippen molar-refractivity contribution in [3.8, 4) is 11.4 Å². The van der Waals surface area contributed by atoms with E-state index in [1.807, 2.05) is 6.07 Å². The third-order valence-corrected chi connectivity index (χ3v) is 4.39. The van der Waals surface area contributed by atoms with E-state index in [4.69, 9.17) is 4.98 Å². The summed E-state index contributed by atoms with van der Waals surface area (Å²) in [5, 5.41) is 0. The van der Waals surface area contributed by atoms with E-state index in [0.29, 0.717) is 0 Å². The molecule has 2 nitrogen and oxygen atoms in total. The van der Waals surface area contributed by atoms with Gasteiger partial charge in [0.2, 0.25) is 0 Å². The topological polar surface area (TPSA) is 28.7 Å². The van der Waals surface area contributed by atoms with E-state index < -0.39 is 0 Å². The summed E-state index contributed by atoms with van der Waals surface area (Å²) in [6, 6.07) is 23.0. The van der Waals surface area contributed by atoms with E-state index >= 15 is 0 Å². The van der Waals surface area contributed by atoms with Crippen LogP contribution in [0.1, 0.15) is 22.3 Å². The van der Waals surface area contributed by atoms with Crippen molar-refractivity contribution in [2.24, 2.45) is 0 Å². The Kier molecular flexibility index (Phi) is 3.95. The van der Waals surface area contributed by atoms with Crippen molar-refractivity contribution in [1.29, 1.82) is 0 Å². The van der Waals surface area contributed by atoms with Crippen molar-refractivity contribution in [2.45, 2.75) is 13.8 Å². The first-order valence-corrected chi connectivity index (χ1v) is 8.50. The number of benzene rings is 3. The second kappa shape index (κ2) is 6.40. The molecule has 1 N–H and O–H groups in total. The number of nitrogens with zero attached hydrogens (tertiary/aromatic N) is 1. The van der Waals surface area contributed by atoms with Gasteiger partial charge in [-0.3, -0.25) is 0 Å². The first-order valence-electron chi connectivity index (χ1n) is 8.50. The molecule has 0 atom stereocenters. The molecule has 0 amide bonds. The van der Waals surface area contributed by atoms with Gasteiger partial charge in [0.05, 0.1) is 11.0 Å². The number of hydrogen-bond acceptors (Lipinski definition) is 1. The maximum Gasteiger partial charge on any atom is 0.139 e. The summed E-state index contributed by atoms with van der Waals surface area (Å²) in [6.45, 7) is 4.23. The quantitative estimate of drug-likeness (QED) is 0.459. The number of fused-ring (bicyclic) bond motifs is 1. The Hall–Kier alpha value is -3.13. The smallest absolute Gasteiger partial charge is 0.139 e. The Morgan fingerprint density at radius 2 is 1.60 bits per heavy atom. The zero-order valence-electron chi connectivity index (χ0n) is 14.5. The number of H-pyrrole nitrogens is 1. The molecule has 1 aromatic heterocycles. The van der Waals surface area contributed by atoms with E-state index in [0.717, 1.165) is 28.0 Å². The molecular weight excluding hydrogens is 304 g/mol. The molecular formula is C23H20N2. The Balaban J connectivity index is 1.79. The van der Waals surface area contributed by atoms with Crippen LogP contribution in [0.3, 0.4) is 0 Å². The molecule has 2 heteroatoms. The standard InChI is InChI=1S/C23H20N2/c1-16-14-17(2)22-21(15-16)24-23(25-22)20-11-7-6-10-19(20)13-12-18-8-4-3-5-9-18/h3-15H,1-2H3,(H,24,25)/b13-12+. The minimum Gasteiger partial charge on any atom is -0.338 e. The highest BCUT2D eigenvalue weighted by molar-refractivity contribution is 5.86. The second-order valence-corrected chi connectivity index (χ2v) is 6.39. The maximum absolute atomic E-state index is 4.85. The lowest BCUT2D eigenvalue weighted by atomic mass is 10.1. The molecule has 0 unspecified atom stereocenters. The van der Waals surface area contributed by atoms with Gasteiger partial charge < -0.3 is 4.98 Å². The monoisotopic (exact) mass is 324 g/mol. The summed E-state index contributed by atoms with van der Waals surface area (Å²) < 4.78 is 0. The highest BCUT2D eigenvalue weighted by atomic mass is 14.9. The van der Waals surface area contributed by atoms with Crippen LogP contribution in [0.2, 0.25) is 0 Å². The lowest BCUT2D eigenvalue weighted by molar-refractivity contribution is 1.33. The van der Waals surface area contributed by atoms with Crippen molar-refractivity contribution in [3.05, 3.63) is 89.0 Å². The summed E-state index contributed by atoms with van der Waals surface area (Å²) >= 11 is 0. The lowest BCUT2D eigenvalue weighted by Gasteiger charge is -2.02. The molecule has 3 aromatic carbocycles. The Morgan fingerprint density at radius 3 is 2.44 bits per heavy atom. The molecule has 0 aliphatic rings. The van der Waals surface area contributed by atoms with Gasteiger partial charge in [0.1, 0.15) is 5.82 Å². The summed E-state index contributed by atoms with van der Waals surface area (Å²) in [6.07, 6.45) is 4.28. The number of rotatable bonds is 3. The zero-order valence-corrected chi connectivity index (χ0v) is 14.5. The molecule has 0 aliphatic carbocycles. The van der Waals surface area contributed by atoms with E-state index in [1.165, 1.54) is 16.7 Å². The van der Waals surface area contributed by atoms with Crippen LogP contribution >= 0.6 is 0 Å². The second-order valence-electron chi connectivity index (χ2n) is 6.39. The summed E-state index contributed by atoms with van der Waals surface area (Å²) in [4.78, 5) is 8.34. The first kappa shape index (κ1) is 15.4. The zero-order chi connectivity index (χ0) is 17.2. The van der Waals surface area contributed by atoms with Gasteiger partial charge in [0.25, 0.3) is 0 Å². The van der Waals surface area contributed by atoms with Gasteiger partial charge in [0.15, 0.2) is 0 Å². The van der Waals surface area contributed by atoms with Crippen LogP contribution < -0.4 is 0 Å². The van der Waals surface area contributed by atoms with Gasteiger partial charge >= 0.3 is 0 Å². The van der Waals surface area contributed by atoms with Crippen LogP contribution in [0.15, 0.2) is 66.7 Å². The number of imidazole rings is 1. The molecule has 0 radical (unpaired) electrons. The summed E-state index contributed by atoms with van der Waals surface area (Å²) in [5.41, 5.74) is 8.04. The third-order valence-electron chi connectivity index (χ3n) is 4.39. The van der Waals surface area contributed by atoms with Gasteiger partial charge in [-0.15, -0.1) is 0 Å². The highest BCUT2D eigenvalue weighted by Gasteiger charge is 2.10. The molecule has 0 spiro atoms. The minimum atomic E-state index is 0.914. The molecule has 25 heavy (non-hydrogen) atoms. The van der Waals surface area contributed by atoms with Crippen LogP contribution in [0.5, 0.6) is 0 Å². The molecule has 0 bridgehead atoms. The normalized spacial score (nSPS) is 11.4. The van der Waals surface area contributed by atoms with Gasteiger partial charge in [-0.05, 0) is 42.2 Å². The average Bonchev–Trinajstić information content (AvgIpc) is 3.05. The third kappa shape index (κ3) is 3.11. The molecule has 122 valence electrons. The highest BCUT2D eigenvalue weighted by Crippen LogP contribution is 2.27. The van der Waals surface area contributed by atoms with E-state index in [2.05, 4.69) is 91.6 Å². The van der Waals surface area contributed by atoms with Crippen LogP contribution in [0, 0.1) is 13.8 Å². The molecule has 0 fully saturated rings. The fourth-order valence-electron chi connectivity index (χ4n) is 3.21. The SMILES string of the molecule is Cc1cc(C)c2nc(-c3ccccc3/C=C/c3ccccc3)[nH]c2c1. The predicted octanol–water partition coefficient (Wildman–Crippen LogP) is 6.02. The van der Waals surface area contributed by atoms with Crippen molar-refractivity contribution in [3.63, 3.8) is 0 Å². The number of hydrogen-bond donors (Lipinski definition) is 1. The van der Waals surface area contributed by atoms with Crippen molar-refractivity contribution in [2.75, 3.05) is 0 Å². The van der Waals surface area contributed by atoms with Gasteiger partial charge in [-0.25, -0.2) is 4.98 Å². The minimum absolute atomic E-state index is 0.914. The fraction of sp³-hybridized carbons (Fsp3) is 0.0870.